The molecule has 3 atom stereocenters. The molecule has 0 radical (unpaired) electrons. The lowest BCUT2D eigenvalue weighted by Gasteiger charge is -2.20. The summed E-state index contributed by atoms with van der Waals surface area (Å²) in [5.41, 5.74) is 1.37. The van der Waals surface area contributed by atoms with E-state index in [4.69, 9.17) is 0 Å². The van der Waals surface area contributed by atoms with Crippen molar-refractivity contribution in [3.63, 3.8) is 0 Å². The minimum Gasteiger partial charge on any atom is -0.353 e. The molecule has 0 aromatic carbocycles. The fourth-order valence-electron chi connectivity index (χ4n) is 2.61. The number of piperidine rings is 1. The van der Waals surface area contributed by atoms with Gasteiger partial charge in [-0.2, -0.15) is 11.3 Å². The van der Waals surface area contributed by atoms with Crippen molar-refractivity contribution in [3.8, 4) is 0 Å². The normalized spacial score (nSPS) is 36.6. The molecule has 1 aromatic heterocycles. The smallest absolute Gasteiger partial charge is 0.224 e. The predicted octanol–water partition coefficient (Wildman–Crippen LogP) is 1.74. The first-order chi connectivity index (χ1) is 6.34. The monoisotopic (exact) mass is 193 g/mol. The molecule has 3 heteroatoms. The second kappa shape index (κ2) is 2.58. The van der Waals surface area contributed by atoms with Crippen molar-refractivity contribution in [3.05, 3.63) is 22.4 Å². The van der Waals surface area contributed by atoms with E-state index in [2.05, 4.69) is 22.1 Å². The van der Waals surface area contributed by atoms with E-state index < -0.39 is 0 Å². The third-order valence-electron chi connectivity index (χ3n) is 3.22. The third-order valence-corrected chi connectivity index (χ3v) is 3.92. The zero-order valence-electron chi connectivity index (χ0n) is 7.19. The minimum absolute atomic E-state index is 0.264. The van der Waals surface area contributed by atoms with Crippen molar-refractivity contribution < 1.29 is 4.79 Å². The highest BCUT2D eigenvalue weighted by Crippen LogP contribution is 2.44. The summed E-state index contributed by atoms with van der Waals surface area (Å²) < 4.78 is 0. The lowest BCUT2D eigenvalue weighted by molar-refractivity contribution is -0.124. The van der Waals surface area contributed by atoms with E-state index in [1.165, 1.54) is 5.56 Å². The van der Waals surface area contributed by atoms with Crippen LogP contribution in [0, 0.1) is 5.92 Å². The Balaban J connectivity index is 1.92. The number of thiophene rings is 1. The summed E-state index contributed by atoms with van der Waals surface area (Å²) in [7, 11) is 0. The number of carbonyl (C=O) groups is 1. The fourth-order valence-corrected chi connectivity index (χ4v) is 3.33. The van der Waals surface area contributed by atoms with Crippen molar-refractivity contribution in [2.24, 2.45) is 5.92 Å². The maximum atomic E-state index is 11.4. The Hall–Kier alpha value is -0.830. The van der Waals surface area contributed by atoms with E-state index in [0.29, 0.717) is 12.0 Å². The van der Waals surface area contributed by atoms with Gasteiger partial charge >= 0.3 is 0 Å². The minimum atomic E-state index is 0.264. The first-order valence-electron chi connectivity index (χ1n) is 4.67. The standard InChI is InChI=1S/C10H11NOS/c12-10-9-4-7(11-10)3-8(9)6-1-2-13-5-6/h1-2,5,7-9H,3-4H2,(H,11,12). The second-order valence-electron chi connectivity index (χ2n) is 3.95. The molecule has 2 nitrogen and oxygen atoms in total. The molecule has 13 heavy (non-hydrogen) atoms. The van der Waals surface area contributed by atoms with E-state index in [1.807, 2.05) is 0 Å². The molecule has 2 aliphatic rings. The van der Waals surface area contributed by atoms with E-state index in [0.717, 1.165) is 12.8 Å². The molecule has 1 aliphatic carbocycles. The van der Waals surface area contributed by atoms with Gasteiger partial charge < -0.3 is 5.32 Å². The molecule has 2 fully saturated rings. The van der Waals surface area contributed by atoms with Crippen LogP contribution in [0.3, 0.4) is 0 Å². The van der Waals surface area contributed by atoms with Crippen molar-refractivity contribution in [1.82, 2.24) is 5.32 Å². The van der Waals surface area contributed by atoms with Gasteiger partial charge in [-0.25, -0.2) is 0 Å². The Morgan fingerprint density at radius 2 is 2.23 bits per heavy atom. The van der Waals surface area contributed by atoms with Crippen molar-refractivity contribution in [2.45, 2.75) is 24.8 Å². The second-order valence-corrected chi connectivity index (χ2v) is 4.73. The highest BCUT2D eigenvalue weighted by Gasteiger charge is 2.45. The van der Waals surface area contributed by atoms with Crippen LogP contribution in [0.1, 0.15) is 24.3 Å². The van der Waals surface area contributed by atoms with Crippen LogP contribution < -0.4 is 5.32 Å². The Bertz CT molecular complexity index is 333. The van der Waals surface area contributed by atoms with Gasteiger partial charge in [0.2, 0.25) is 5.91 Å². The van der Waals surface area contributed by atoms with E-state index in [9.17, 15) is 4.79 Å². The van der Waals surface area contributed by atoms with Crippen LogP contribution in [0.15, 0.2) is 16.8 Å². The molecular weight excluding hydrogens is 182 g/mol. The number of amides is 1. The average molecular weight is 193 g/mol. The molecule has 3 rings (SSSR count). The largest absolute Gasteiger partial charge is 0.353 e. The van der Waals surface area contributed by atoms with Crippen LogP contribution in [0.4, 0.5) is 0 Å². The molecule has 2 heterocycles. The van der Waals surface area contributed by atoms with Gasteiger partial charge in [-0.3, -0.25) is 4.79 Å². The molecule has 1 aromatic rings. The summed E-state index contributed by atoms with van der Waals surface area (Å²) in [6.45, 7) is 0. The van der Waals surface area contributed by atoms with Crippen molar-refractivity contribution >= 4 is 17.2 Å². The topological polar surface area (TPSA) is 29.1 Å². The highest BCUT2D eigenvalue weighted by molar-refractivity contribution is 7.08. The molecule has 1 saturated heterocycles. The molecule has 1 aliphatic heterocycles. The maximum Gasteiger partial charge on any atom is 0.224 e. The number of carbonyl (C=O) groups excluding carboxylic acids is 1. The summed E-state index contributed by atoms with van der Waals surface area (Å²) in [5, 5.41) is 7.29. The number of nitrogens with one attached hydrogen (secondary N) is 1. The van der Waals surface area contributed by atoms with Crippen LogP contribution in [0.5, 0.6) is 0 Å². The van der Waals surface area contributed by atoms with E-state index in [-0.39, 0.29) is 11.8 Å². The maximum absolute atomic E-state index is 11.4. The number of rotatable bonds is 1. The van der Waals surface area contributed by atoms with Crippen LogP contribution >= 0.6 is 11.3 Å². The summed E-state index contributed by atoms with van der Waals surface area (Å²) in [6, 6.07) is 2.62. The average Bonchev–Trinajstić information content (AvgIpc) is 2.76. The molecule has 1 N–H and O–H groups in total. The Labute approximate surface area is 81.0 Å². The van der Waals surface area contributed by atoms with Gasteiger partial charge in [0.05, 0.1) is 0 Å². The van der Waals surface area contributed by atoms with Crippen molar-refractivity contribution in [2.75, 3.05) is 0 Å². The van der Waals surface area contributed by atoms with Crippen LogP contribution in [0.25, 0.3) is 0 Å². The molecular formula is C10H11NOS. The lowest BCUT2D eigenvalue weighted by atomic mass is 9.89. The van der Waals surface area contributed by atoms with Crippen molar-refractivity contribution in [1.29, 1.82) is 0 Å². The molecule has 3 unspecified atom stereocenters. The van der Waals surface area contributed by atoms with Gasteiger partial charge in [0.1, 0.15) is 0 Å². The molecule has 1 saturated carbocycles. The number of hydrogen-bond donors (Lipinski definition) is 1. The zero-order valence-corrected chi connectivity index (χ0v) is 8.01. The molecule has 68 valence electrons. The summed E-state index contributed by atoms with van der Waals surface area (Å²) in [6.07, 6.45) is 2.20. The van der Waals surface area contributed by atoms with Gasteiger partial charge in [-0.15, -0.1) is 0 Å². The molecule has 1 amide bonds. The quantitative estimate of drug-likeness (QED) is 0.723. The van der Waals surface area contributed by atoms with E-state index >= 15 is 0 Å². The Kier molecular flexibility index (Phi) is 1.50. The fraction of sp³-hybridized carbons (Fsp3) is 0.500. The highest BCUT2D eigenvalue weighted by atomic mass is 32.1. The van der Waals surface area contributed by atoms with Gasteiger partial charge in [0.25, 0.3) is 0 Å². The van der Waals surface area contributed by atoms with Gasteiger partial charge in [-0.05, 0) is 41.1 Å². The molecule has 0 spiro atoms. The predicted molar refractivity (Wildman–Crippen MR) is 51.7 cm³/mol. The lowest BCUT2D eigenvalue weighted by Crippen LogP contribution is -2.34. The van der Waals surface area contributed by atoms with Crippen LogP contribution in [0.2, 0.25) is 0 Å². The third kappa shape index (κ3) is 1.03. The van der Waals surface area contributed by atoms with Gasteiger partial charge in [0, 0.05) is 12.0 Å². The SMILES string of the molecule is O=C1NC2CC1C(c1ccsc1)C2. The summed E-state index contributed by atoms with van der Waals surface area (Å²) in [5.74, 6) is 1.04. The van der Waals surface area contributed by atoms with Crippen LogP contribution in [-0.2, 0) is 4.79 Å². The van der Waals surface area contributed by atoms with Gasteiger partial charge in [-0.1, -0.05) is 0 Å². The van der Waals surface area contributed by atoms with Crippen LogP contribution in [-0.4, -0.2) is 11.9 Å². The summed E-state index contributed by atoms with van der Waals surface area (Å²) in [4.78, 5) is 11.4. The molecule has 2 bridgehead atoms. The Morgan fingerprint density at radius 3 is 2.85 bits per heavy atom. The Morgan fingerprint density at radius 1 is 1.38 bits per heavy atom. The summed E-state index contributed by atoms with van der Waals surface area (Å²) >= 11 is 1.72. The number of fused-ring (bicyclic) bond motifs is 2. The number of hydrogen-bond acceptors (Lipinski definition) is 2. The van der Waals surface area contributed by atoms with E-state index in [1.54, 1.807) is 11.3 Å². The first kappa shape index (κ1) is 7.56. The zero-order chi connectivity index (χ0) is 8.84. The van der Waals surface area contributed by atoms with Gasteiger partial charge in [0.15, 0.2) is 0 Å². The first-order valence-corrected chi connectivity index (χ1v) is 5.61.